The molecule has 0 saturated carbocycles. The summed E-state index contributed by atoms with van der Waals surface area (Å²) in [6.07, 6.45) is -3.88. The highest BCUT2D eigenvalue weighted by atomic mass is 16.5. The van der Waals surface area contributed by atoms with Crippen LogP contribution in [-0.4, -0.2) is 50.9 Å². The Morgan fingerprint density at radius 1 is 0.875 bits per heavy atom. The standard InChI is InChI=1S/C24H23NO7/c26-19-10-9-17(22(29)23(19)30)21(28)20(27)11-25-24(31)32-12-18-15-7-3-1-5-13(15)14-6-2-4-8-16(14)18/h1-10,18,20-21,26-30H,11-12H2,(H,25,31). The van der Waals surface area contributed by atoms with Gasteiger partial charge in [-0.25, -0.2) is 4.79 Å². The van der Waals surface area contributed by atoms with Gasteiger partial charge in [0.05, 0.1) is 0 Å². The lowest BCUT2D eigenvalue weighted by molar-refractivity contribution is 0.0170. The average Bonchev–Trinajstić information content (AvgIpc) is 3.13. The number of aliphatic hydroxyl groups is 2. The number of hydrogen-bond donors (Lipinski definition) is 6. The highest BCUT2D eigenvalue weighted by molar-refractivity contribution is 5.79. The van der Waals surface area contributed by atoms with Crippen molar-refractivity contribution in [2.24, 2.45) is 0 Å². The van der Waals surface area contributed by atoms with E-state index < -0.39 is 35.5 Å². The Kier molecular flexibility index (Phi) is 5.89. The van der Waals surface area contributed by atoms with Crippen LogP contribution in [0.4, 0.5) is 4.79 Å². The number of fused-ring (bicyclic) bond motifs is 3. The van der Waals surface area contributed by atoms with Crippen LogP contribution in [0, 0.1) is 0 Å². The largest absolute Gasteiger partial charge is 0.504 e. The number of nitrogens with one attached hydrogen (secondary N) is 1. The van der Waals surface area contributed by atoms with E-state index in [1.807, 2.05) is 48.5 Å². The van der Waals surface area contributed by atoms with Crippen molar-refractivity contribution in [3.05, 3.63) is 77.4 Å². The van der Waals surface area contributed by atoms with Gasteiger partial charge in [-0.3, -0.25) is 0 Å². The molecule has 8 nitrogen and oxygen atoms in total. The van der Waals surface area contributed by atoms with Gasteiger partial charge in [0.15, 0.2) is 11.5 Å². The Morgan fingerprint density at radius 3 is 2.09 bits per heavy atom. The number of amides is 1. The predicted octanol–water partition coefficient (Wildman–Crippen LogP) is 2.74. The number of aliphatic hydroxyl groups excluding tert-OH is 2. The smallest absolute Gasteiger partial charge is 0.407 e. The predicted molar refractivity (Wildman–Crippen MR) is 115 cm³/mol. The number of carbonyl (C=O) groups excluding carboxylic acids is 1. The maximum atomic E-state index is 12.2. The van der Waals surface area contributed by atoms with Crippen molar-refractivity contribution in [1.82, 2.24) is 5.32 Å². The summed E-state index contributed by atoms with van der Waals surface area (Å²) in [5.74, 6) is -2.23. The third-order valence-corrected chi connectivity index (χ3v) is 5.64. The number of hydrogen-bond acceptors (Lipinski definition) is 7. The fourth-order valence-electron chi connectivity index (χ4n) is 3.98. The number of ether oxygens (including phenoxy) is 1. The molecule has 3 aromatic rings. The van der Waals surface area contributed by atoms with Crippen molar-refractivity contribution in [2.75, 3.05) is 13.2 Å². The van der Waals surface area contributed by atoms with Gasteiger partial charge in [-0.15, -0.1) is 0 Å². The zero-order chi connectivity index (χ0) is 22.8. The number of carbonyl (C=O) groups is 1. The molecule has 0 heterocycles. The fourth-order valence-corrected chi connectivity index (χ4v) is 3.98. The SMILES string of the molecule is O=C(NCC(O)C(O)c1ccc(O)c(O)c1O)OCC1c2ccccc2-c2ccccc21. The normalized spacial score (nSPS) is 14.3. The van der Waals surface area contributed by atoms with Crippen LogP contribution in [0.1, 0.15) is 28.7 Å². The van der Waals surface area contributed by atoms with E-state index in [1.54, 1.807) is 0 Å². The molecule has 0 aliphatic heterocycles. The zero-order valence-electron chi connectivity index (χ0n) is 17.0. The summed E-state index contributed by atoms with van der Waals surface area (Å²) in [5, 5.41) is 51.6. The number of aromatic hydroxyl groups is 3. The molecule has 6 N–H and O–H groups in total. The van der Waals surface area contributed by atoms with Crippen LogP contribution in [0.25, 0.3) is 11.1 Å². The Morgan fingerprint density at radius 2 is 1.47 bits per heavy atom. The number of phenols is 3. The molecule has 1 amide bonds. The molecule has 0 bridgehead atoms. The van der Waals surface area contributed by atoms with Gasteiger partial charge in [0.2, 0.25) is 5.75 Å². The Hall–Kier alpha value is -3.75. The molecule has 0 saturated heterocycles. The Bertz CT molecular complexity index is 1100. The quantitative estimate of drug-likeness (QED) is 0.326. The summed E-state index contributed by atoms with van der Waals surface area (Å²) in [4.78, 5) is 12.2. The van der Waals surface area contributed by atoms with Gasteiger partial charge in [-0.2, -0.15) is 0 Å². The van der Waals surface area contributed by atoms with Gasteiger partial charge in [0.1, 0.15) is 18.8 Å². The summed E-state index contributed by atoms with van der Waals surface area (Å²) in [7, 11) is 0. The first-order chi connectivity index (χ1) is 15.4. The van der Waals surface area contributed by atoms with E-state index in [4.69, 9.17) is 4.74 Å². The highest BCUT2D eigenvalue weighted by Gasteiger charge is 2.29. The van der Waals surface area contributed by atoms with Gasteiger partial charge in [0, 0.05) is 18.0 Å². The minimum atomic E-state index is -1.62. The third-order valence-electron chi connectivity index (χ3n) is 5.64. The van der Waals surface area contributed by atoms with Crippen molar-refractivity contribution in [3.8, 4) is 28.4 Å². The van der Waals surface area contributed by atoms with Crippen LogP contribution in [-0.2, 0) is 4.74 Å². The van der Waals surface area contributed by atoms with Crippen molar-refractivity contribution in [1.29, 1.82) is 0 Å². The van der Waals surface area contributed by atoms with Gasteiger partial charge in [0.25, 0.3) is 0 Å². The maximum Gasteiger partial charge on any atom is 0.407 e. The molecule has 0 radical (unpaired) electrons. The summed E-state index contributed by atoms with van der Waals surface area (Å²) < 4.78 is 5.37. The lowest BCUT2D eigenvalue weighted by Gasteiger charge is -2.20. The van der Waals surface area contributed by atoms with E-state index in [2.05, 4.69) is 5.32 Å². The monoisotopic (exact) mass is 437 g/mol. The topological polar surface area (TPSA) is 139 Å². The van der Waals surface area contributed by atoms with Crippen LogP contribution < -0.4 is 5.32 Å². The van der Waals surface area contributed by atoms with Gasteiger partial charge < -0.3 is 35.6 Å². The molecule has 2 unspecified atom stereocenters. The van der Waals surface area contributed by atoms with E-state index in [1.165, 1.54) is 0 Å². The minimum Gasteiger partial charge on any atom is -0.504 e. The van der Waals surface area contributed by atoms with Crippen molar-refractivity contribution in [2.45, 2.75) is 18.1 Å². The van der Waals surface area contributed by atoms with Crippen molar-refractivity contribution >= 4 is 6.09 Å². The second-order valence-electron chi connectivity index (χ2n) is 7.59. The Labute approximate surface area is 184 Å². The molecular formula is C24H23NO7. The number of rotatable bonds is 6. The molecule has 2 atom stereocenters. The lowest BCUT2D eigenvalue weighted by Crippen LogP contribution is -2.36. The van der Waals surface area contributed by atoms with E-state index in [0.717, 1.165) is 34.4 Å². The molecule has 0 spiro atoms. The summed E-state index contributed by atoms with van der Waals surface area (Å²) in [5.41, 5.74) is 4.15. The summed E-state index contributed by atoms with van der Waals surface area (Å²) in [6, 6.07) is 18.1. The van der Waals surface area contributed by atoms with Crippen LogP contribution in [0.5, 0.6) is 17.2 Å². The van der Waals surface area contributed by atoms with Gasteiger partial charge in [-0.05, 0) is 34.4 Å². The number of benzene rings is 3. The fraction of sp³-hybridized carbons (Fsp3) is 0.208. The Balaban J connectivity index is 1.36. The van der Waals surface area contributed by atoms with Crippen LogP contribution >= 0.6 is 0 Å². The first kappa shape index (κ1) is 21.5. The van der Waals surface area contributed by atoms with E-state index in [-0.39, 0.29) is 24.6 Å². The first-order valence-electron chi connectivity index (χ1n) is 10.1. The highest BCUT2D eigenvalue weighted by Crippen LogP contribution is 2.44. The molecular weight excluding hydrogens is 414 g/mol. The second-order valence-corrected chi connectivity index (χ2v) is 7.59. The van der Waals surface area contributed by atoms with Gasteiger partial charge >= 0.3 is 6.09 Å². The lowest BCUT2D eigenvalue weighted by atomic mass is 9.98. The minimum absolute atomic E-state index is 0.102. The van der Waals surface area contributed by atoms with E-state index in [0.29, 0.717) is 0 Å². The molecule has 0 fully saturated rings. The maximum absolute atomic E-state index is 12.2. The van der Waals surface area contributed by atoms with Gasteiger partial charge in [-0.1, -0.05) is 48.5 Å². The van der Waals surface area contributed by atoms with Crippen LogP contribution in [0.3, 0.4) is 0 Å². The van der Waals surface area contributed by atoms with E-state index in [9.17, 15) is 30.3 Å². The molecule has 166 valence electrons. The number of alkyl carbamates (subject to hydrolysis) is 1. The first-order valence-corrected chi connectivity index (χ1v) is 10.1. The second kappa shape index (κ2) is 8.78. The van der Waals surface area contributed by atoms with Crippen molar-refractivity contribution < 1.29 is 35.1 Å². The third kappa shape index (κ3) is 3.93. The average molecular weight is 437 g/mol. The molecule has 0 aromatic heterocycles. The van der Waals surface area contributed by atoms with Crippen LogP contribution in [0.15, 0.2) is 60.7 Å². The molecule has 8 heteroatoms. The van der Waals surface area contributed by atoms with E-state index >= 15 is 0 Å². The zero-order valence-corrected chi connectivity index (χ0v) is 17.0. The van der Waals surface area contributed by atoms with Crippen molar-refractivity contribution in [3.63, 3.8) is 0 Å². The molecule has 32 heavy (non-hydrogen) atoms. The van der Waals surface area contributed by atoms with Crippen LogP contribution in [0.2, 0.25) is 0 Å². The molecule has 1 aliphatic carbocycles. The molecule has 1 aliphatic rings. The summed E-state index contributed by atoms with van der Waals surface area (Å²) in [6.45, 7) is -0.260. The molecule has 3 aromatic carbocycles. The number of phenolic OH excluding ortho intramolecular Hbond substituents is 3. The summed E-state index contributed by atoms with van der Waals surface area (Å²) >= 11 is 0. The molecule has 4 rings (SSSR count).